The number of likely N-dealkylation sites (N-methyl/N-ethyl adjacent to an activating group) is 1. The maximum Gasteiger partial charge on any atom is 0.229 e. The normalized spacial score (nSPS) is 21.6. The molecule has 1 aromatic heterocycles. The van der Waals surface area contributed by atoms with Crippen molar-refractivity contribution < 1.29 is 4.79 Å². The van der Waals surface area contributed by atoms with E-state index in [1.54, 1.807) is 0 Å². The average molecular weight is 364 g/mol. The lowest BCUT2D eigenvalue weighted by Gasteiger charge is -2.34. The summed E-state index contributed by atoms with van der Waals surface area (Å²) in [5, 5.41) is 0. The molecule has 142 valence electrons. The molecule has 0 bridgehead atoms. The first-order valence-corrected chi connectivity index (χ1v) is 9.99. The van der Waals surface area contributed by atoms with E-state index >= 15 is 0 Å². The monoisotopic (exact) mass is 364 g/mol. The van der Waals surface area contributed by atoms with Crippen molar-refractivity contribution in [2.75, 3.05) is 26.7 Å². The molecule has 2 atom stereocenters. The standard InChI is InChI=1S/C22H28N4O/c1-16(17-7-4-3-5-8-17)22(27)26-11-6-9-18(15-26)21-23-13-19-14-25(2)12-10-20(19)24-21/h3-5,7-8,13,16,18H,6,9-12,14-15H2,1-2H3. The summed E-state index contributed by atoms with van der Waals surface area (Å²) in [7, 11) is 2.13. The third-order valence-corrected chi connectivity index (χ3v) is 5.91. The molecule has 1 aromatic carbocycles. The van der Waals surface area contributed by atoms with E-state index in [1.807, 2.05) is 48.4 Å². The molecule has 3 heterocycles. The molecule has 5 nitrogen and oxygen atoms in total. The summed E-state index contributed by atoms with van der Waals surface area (Å²) in [6, 6.07) is 10.1. The number of benzene rings is 1. The van der Waals surface area contributed by atoms with Gasteiger partial charge in [0.05, 0.1) is 5.92 Å². The number of likely N-dealkylation sites (tertiary alicyclic amines) is 1. The number of piperidine rings is 1. The summed E-state index contributed by atoms with van der Waals surface area (Å²) in [6.45, 7) is 5.55. The zero-order chi connectivity index (χ0) is 18.8. The second-order valence-corrected chi connectivity index (χ2v) is 7.94. The van der Waals surface area contributed by atoms with Crippen LogP contribution < -0.4 is 0 Å². The van der Waals surface area contributed by atoms with Crippen LogP contribution in [0.15, 0.2) is 36.5 Å². The fourth-order valence-corrected chi connectivity index (χ4v) is 4.22. The Bertz CT molecular complexity index is 807. The highest BCUT2D eigenvalue weighted by Gasteiger charge is 2.30. The van der Waals surface area contributed by atoms with E-state index < -0.39 is 0 Å². The fraction of sp³-hybridized carbons (Fsp3) is 0.500. The van der Waals surface area contributed by atoms with Crippen molar-refractivity contribution in [1.29, 1.82) is 0 Å². The molecule has 1 amide bonds. The Kier molecular flexibility index (Phi) is 5.21. The highest BCUT2D eigenvalue weighted by molar-refractivity contribution is 5.83. The quantitative estimate of drug-likeness (QED) is 0.840. The summed E-state index contributed by atoms with van der Waals surface area (Å²) in [6.07, 6.45) is 5.06. The van der Waals surface area contributed by atoms with E-state index in [-0.39, 0.29) is 17.7 Å². The van der Waals surface area contributed by atoms with Gasteiger partial charge in [-0.2, -0.15) is 0 Å². The van der Waals surface area contributed by atoms with Crippen molar-refractivity contribution in [3.63, 3.8) is 0 Å². The molecule has 0 spiro atoms. The summed E-state index contributed by atoms with van der Waals surface area (Å²) < 4.78 is 0. The highest BCUT2D eigenvalue weighted by Crippen LogP contribution is 2.28. The van der Waals surface area contributed by atoms with Crippen LogP contribution in [0.1, 0.15) is 54.2 Å². The summed E-state index contributed by atoms with van der Waals surface area (Å²) in [5.74, 6) is 1.27. The van der Waals surface area contributed by atoms with Gasteiger partial charge in [-0.3, -0.25) is 4.79 Å². The predicted octanol–water partition coefficient (Wildman–Crippen LogP) is 2.97. The van der Waals surface area contributed by atoms with Gasteiger partial charge in [-0.15, -0.1) is 0 Å². The first kappa shape index (κ1) is 18.1. The minimum atomic E-state index is -0.107. The number of fused-ring (bicyclic) bond motifs is 1. The Hall–Kier alpha value is -2.27. The van der Waals surface area contributed by atoms with E-state index in [1.165, 1.54) is 11.3 Å². The molecule has 2 aliphatic rings. The molecule has 0 N–H and O–H groups in total. The molecule has 4 rings (SSSR count). The largest absolute Gasteiger partial charge is 0.341 e. The van der Waals surface area contributed by atoms with Gasteiger partial charge in [0.1, 0.15) is 5.82 Å². The van der Waals surface area contributed by atoms with Crippen molar-refractivity contribution >= 4 is 5.91 Å². The Morgan fingerprint density at radius 3 is 2.85 bits per heavy atom. The minimum absolute atomic E-state index is 0.107. The lowest BCUT2D eigenvalue weighted by molar-refractivity contribution is -0.133. The van der Waals surface area contributed by atoms with E-state index in [4.69, 9.17) is 4.98 Å². The number of rotatable bonds is 3. The summed E-state index contributed by atoms with van der Waals surface area (Å²) in [4.78, 5) is 26.9. The van der Waals surface area contributed by atoms with Crippen molar-refractivity contribution in [3.8, 4) is 0 Å². The lowest BCUT2D eigenvalue weighted by atomic mass is 9.93. The summed E-state index contributed by atoms with van der Waals surface area (Å²) >= 11 is 0. The zero-order valence-electron chi connectivity index (χ0n) is 16.3. The van der Waals surface area contributed by atoms with E-state index in [0.29, 0.717) is 0 Å². The number of hydrogen-bond acceptors (Lipinski definition) is 4. The molecule has 0 saturated carbocycles. The van der Waals surface area contributed by atoms with Gasteiger partial charge < -0.3 is 9.80 Å². The van der Waals surface area contributed by atoms with E-state index in [2.05, 4.69) is 16.9 Å². The van der Waals surface area contributed by atoms with Gasteiger partial charge in [0, 0.05) is 56.0 Å². The van der Waals surface area contributed by atoms with Crippen molar-refractivity contribution in [3.05, 3.63) is 59.2 Å². The smallest absolute Gasteiger partial charge is 0.229 e. The van der Waals surface area contributed by atoms with Gasteiger partial charge in [-0.25, -0.2) is 9.97 Å². The number of aromatic nitrogens is 2. The maximum absolute atomic E-state index is 13.0. The van der Waals surface area contributed by atoms with Crippen LogP contribution >= 0.6 is 0 Å². The number of carbonyl (C=O) groups is 1. The predicted molar refractivity (Wildman–Crippen MR) is 105 cm³/mol. The minimum Gasteiger partial charge on any atom is -0.341 e. The van der Waals surface area contributed by atoms with Crippen molar-refractivity contribution in [1.82, 2.24) is 19.8 Å². The van der Waals surface area contributed by atoms with Gasteiger partial charge in [0.2, 0.25) is 5.91 Å². The zero-order valence-corrected chi connectivity index (χ0v) is 16.3. The SMILES string of the molecule is CC(C(=O)N1CCCC(c2ncc3c(n2)CCN(C)C3)C1)c1ccccc1. The number of amides is 1. The molecule has 1 saturated heterocycles. The first-order chi connectivity index (χ1) is 13.1. The summed E-state index contributed by atoms with van der Waals surface area (Å²) in [5.41, 5.74) is 3.52. The fourth-order valence-electron chi connectivity index (χ4n) is 4.22. The Labute approximate surface area is 161 Å². The molecule has 27 heavy (non-hydrogen) atoms. The average Bonchev–Trinajstić information content (AvgIpc) is 2.73. The van der Waals surface area contributed by atoms with Gasteiger partial charge in [-0.1, -0.05) is 30.3 Å². The van der Waals surface area contributed by atoms with Crippen LogP contribution in [0.4, 0.5) is 0 Å². The van der Waals surface area contributed by atoms with Gasteiger partial charge in [0.25, 0.3) is 0 Å². The number of nitrogens with zero attached hydrogens (tertiary/aromatic N) is 4. The van der Waals surface area contributed by atoms with E-state index in [0.717, 1.165) is 56.8 Å². The Balaban J connectivity index is 1.47. The molecule has 0 radical (unpaired) electrons. The molecule has 0 aliphatic carbocycles. The molecule has 2 aliphatic heterocycles. The molecular formula is C22H28N4O. The molecular weight excluding hydrogens is 336 g/mol. The van der Waals surface area contributed by atoms with Crippen LogP contribution in [0.5, 0.6) is 0 Å². The maximum atomic E-state index is 13.0. The van der Waals surface area contributed by atoms with Gasteiger partial charge in [-0.05, 0) is 32.4 Å². The van der Waals surface area contributed by atoms with Gasteiger partial charge >= 0.3 is 0 Å². The van der Waals surface area contributed by atoms with Crippen LogP contribution in [-0.4, -0.2) is 52.4 Å². The Morgan fingerprint density at radius 2 is 2.04 bits per heavy atom. The molecule has 5 heteroatoms. The van der Waals surface area contributed by atoms with Crippen LogP contribution in [0.3, 0.4) is 0 Å². The van der Waals surface area contributed by atoms with Crippen molar-refractivity contribution in [2.24, 2.45) is 0 Å². The third kappa shape index (κ3) is 3.88. The van der Waals surface area contributed by atoms with Crippen LogP contribution in [-0.2, 0) is 17.8 Å². The van der Waals surface area contributed by atoms with Crippen molar-refractivity contribution in [2.45, 2.75) is 44.6 Å². The molecule has 2 unspecified atom stereocenters. The first-order valence-electron chi connectivity index (χ1n) is 9.99. The number of carbonyl (C=O) groups excluding carboxylic acids is 1. The van der Waals surface area contributed by atoms with Crippen LogP contribution in [0.25, 0.3) is 0 Å². The van der Waals surface area contributed by atoms with Crippen LogP contribution in [0, 0.1) is 0 Å². The molecule has 1 fully saturated rings. The second-order valence-electron chi connectivity index (χ2n) is 7.94. The van der Waals surface area contributed by atoms with Gasteiger partial charge in [0.15, 0.2) is 0 Å². The van der Waals surface area contributed by atoms with Crippen LogP contribution in [0.2, 0.25) is 0 Å². The lowest BCUT2D eigenvalue weighted by Crippen LogP contribution is -2.41. The third-order valence-electron chi connectivity index (χ3n) is 5.91. The highest BCUT2D eigenvalue weighted by atomic mass is 16.2. The second kappa shape index (κ2) is 7.77. The topological polar surface area (TPSA) is 49.3 Å². The molecule has 2 aromatic rings. The Morgan fingerprint density at radius 1 is 1.22 bits per heavy atom. The number of hydrogen-bond donors (Lipinski definition) is 0. The van der Waals surface area contributed by atoms with E-state index in [9.17, 15) is 4.79 Å².